The van der Waals surface area contributed by atoms with E-state index in [1.165, 1.54) is 17.0 Å². The largest absolute Gasteiger partial charge is 0.467 e. The van der Waals surface area contributed by atoms with Gasteiger partial charge in [0, 0.05) is 28.9 Å². The molecule has 0 amide bonds. The molecule has 0 radical (unpaired) electrons. The summed E-state index contributed by atoms with van der Waals surface area (Å²) < 4.78 is 7.69. The van der Waals surface area contributed by atoms with E-state index in [1.54, 1.807) is 17.6 Å². The molecule has 0 fully saturated rings. The molecule has 0 aliphatic rings. The highest BCUT2D eigenvalue weighted by Crippen LogP contribution is 2.30. The second-order valence-electron chi connectivity index (χ2n) is 5.41. The average Bonchev–Trinajstić information content (AvgIpc) is 3.22. The number of furan rings is 1. The molecule has 3 rings (SSSR count). The highest BCUT2D eigenvalue weighted by Gasteiger charge is 2.13. The molecule has 4 nitrogen and oxygen atoms in total. The highest BCUT2D eigenvalue weighted by atomic mass is 32.1. The van der Waals surface area contributed by atoms with Gasteiger partial charge in [0.2, 0.25) is 0 Å². The van der Waals surface area contributed by atoms with Crippen molar-refractivity contribution >= 4 is 16.5 Å². The zero-order valence-corrected chi connectivity index (χ0v) is 14.0. The average molecular weight is 315 g/mol. The quantitative estimate of drug-likeness (QED) is 0.707. The number of rotatable bonds is 6. The summed E-state index contributed by atoms with van der Waals surface area (Å²) in [6.07, 6.45) is 2.83. The Kier molecular flexibility index (Phi) is 4.34. The second kappa shape index (κ2) is 6.40. The Morgan fingerprint density at radius 1 is 1.36 bits per heavy atom. The molecule has 0 atom stereocenters. The number of aryl methyl sites for hydroxylation is 1. The predicted octanol–water partition coefficient (Wildman–Crippen LogP) is 4.84. The van der Waals surface area contributed by atoms with Crippen LogP contribution in [0.4, 0.5) is 5.13 Å². The fraction of sp³-hybridized carbons (Fsp3) is 0.353. The molecule has 0 aromatic carbocycles. The first-order valence-corrected chi connectivity index (χ1v) is 8.46. The summed E-state index contributed by atoms with van der Waals surface area (Å²) in [5.41, 5.74) is 4.87. The van der Waals surface area contributed by atoms with Crippen molar-refractivity contribution in [3.63, 3.8) is 0 Å². The van der Waals surface area contributed by atoms with Crippen LogP contribution < -0.4 is 5.32 Å². The minimum atomic E-state index is 0.662. The van der Waals surface area contributed by atoms with Crippen LogP contribution >= 0.6 is 11.3 Å². The predicted molar refractivity (Wildman–Crippen MR) is 91.3 cm³/mol. The lowest BCUT2D eigenvalue weighted by Crippen LogP contribution is -2.01. The Hall–Kier alpha value is -2.01. The first-order chi connectivity index (χ1) is 10.7. The summed E-state index contributed by atoms with van der Waals surface area (Å²) in [6.45, 7) is 8.26. The summed E-state index contributed by atoms with van der Waals surface area (Å²) in [4.78, 5) is 4.71. The van der Waals surface area contributed by atoms with Gasteiger partial charge < -0.3 is 14.3 Å². The third-order valence-corrected chi connectivity index (χ3v) is 4.59. The summed E-state index contributed by atoms with van der Waals surface area (Å²) in [5.74, 6) is 0.915. The van der Waals surface area contributed by atoms with Crippen LogP contribution in [0.25, 0.3) is 11.3 Å². The van der Waals surface area contributed by atoms with Gasteiger partial charge in [0.1, 0.15) is 5.76 Å². The van der Waals surface area contributed by atoms with Gasteiger partial charge in [-0.05, 0) is 38.5 Å². The lowest BCUT2D eigenvalue weighted by molar-refractivity contribution is 0.518. The van der Waals surface area contributed by atoms with Crippen molar-refractivity contribution in [1.29, 1.82) is 0 Å². The van der Waals surface area contributed by atoms with E-state index in [2.05, 4.69) is 42.1 Å². The monoisotopic (exact) mass is 315 g/mol. The maximum absolute atomic E-state index is 5.32. The smallest absolute Gasteiger partial charge is 0.183 e. The van der Waals surface area contributed by atoms with Crippen LogP contribution in [0.2, 0.25) is 0 Å². The second-order valence-corrected chi connectivity index (χ2v) is 6.27. The van der Waals surface area contributed by atoms with Gasteiger partial charge in [0.25, 0.3) is 0 Å². The van der Waals surface area contributed by atoms with Crippen LogP contribution in [0.5, 0.6) is 0 Å². The SMILES string of the molecule is CCCn1c(C)cc(-c2csc(NCc3ccco3)n2)c1C. The molecule has 3 heterocycles. The highest BCUT2D eigenvalue weighted by molar-refractivity contribution is 7.14. The molecule has 0 bridgehead atoms. The molecule has 5 heteroatoms. The van der Waals surface area contributed by atoms with Crippen molar-refractivity contribution in [2.45, 2.75) is 40.3 Å². The first-order valence-electron chi connectivity index (χ1n) is 7.58. The molecule has 0 aliphatic heterocycles. The molecule has 0 aliphatic carbocycles. The minimum Gasteiger partial charge on any atom is -0.467 e. The van der Waals surface area contributed by atoms with Crippen LogP contribution in [-0.2, 0) is 13.1 Å². The number of nitrogens with zero attached hydrogens (tertiary/aromatic N) is 2. The molecule has 3 aromatic rings. The van der Waals surface area contributed by atoms with E-state index in [0.29, 0.717) is 6.54 Å². The van der Waals surface area contributed by atoms with Crippen molar-refractivity contribution in [2.75, 3.05) is 5.32 Å². The molecule has 0 spiro atoms. The number of nitrogens with one attached hydrogen (secondary N) is 1. The molecule has 0 saturated carbocycles. The van der Waals surface area contributed by atoms with Crippen LogP contribution in [-0.4, -0.2) is 9.55 Å². The van der Waals surface area contributed by atoms with E-state index in [-0.39, 0.29) is 0 Å². The third-order valence-electron chi connectivity index (χ3n) is 3.79. The maximum atomic E-state index is 5.32. The van der Waals surface area contributed by atoms with Gasteiger partial charge in [0.15, 0.2) is 5.13 Å². The van der Waals surface area contributed by atoms with E-state index >= 15 is 0 Å². The van der Waals surface area contributed by atoms with E-state index < -0.39 is 0 Å². The summed E-state index contributed by atoms with van der Waals surface area (Å²) >= 11 is 1.63. The van der Waals surface area contributed by atoms with Crippen LogP contribution in [0.1, 0.15) is 30.5 Å². The van der Waals surface area contributed by atoms with E-state index in [9.17, 15) is 0 Å². The Bertz CT molecular complexity index is 740. The topological polar surface area (TPSA) is 43.0 Å². The molecule has 22 heavy (non-hydrogen) atoms. The van der Waals surface area contributed by atoms with Gasteiger partial charge in [-0.1, -0.05) is 6.92 Å². The standard InChI is InChI=1S/C17H21N3OS/c1-4-7-20-12(2)9-15(13(20)3)16-11-22-17(19-16)18-10-14-6-5-8-21-14/h5-6,8-9,11H,4,7,10H2,1-3H3,(H,18,19). The summed E-state index contributed by atoms with van der Waals surface area (Å²) in [5, 5.41) is 6.35. The third kappa shape index (κ3) is 2.95. The van der Waals surface area contributed by atoms with Gasteiger partial charge in [-0.3, -0.25) is 0 Å². The molecular formula is C17H21N3OS. The van der Waals surface area contributed by atoms with Crippen LogP contribution in [0.3, 0.4) is 0 Å². The van der Waals surface area contributed by atoms with E-state index in [1.807, 2.05) is 12.1 Å². The van der Waals surface area contributed by atoms with Gasteiger partial charge in [-0.2, -0.15) is 0 Å². The Morgan fingerprint density at radius 2 is 2.23 bits per heavy atom. The minimum absolute atomic E-state index is 0.662. The van der Waals surface area contributed by atoms with E-state index in [4.69, 9.17) is 9.40 Å². The molecule has 3 aromatic heterocycles. The summed E-state index contributed by atoms with van der Waals surface area (Å²) in [6, 6.07) is 6.09. The molecule has 116 valence electrons. The van der Waals surface area contributed by atoms with Crippen molar-refractivity contribution in [3.05, 3.63) is 47.0 Å². The van der Waals surface area contributed by atoms with Gasteiger partial charge in [-0.25, -0.2) is 4.98 Å². The zero-order valence-electron chi connectivity index (χ0n) is 13.2. The number of thiazole rings is 1. The van der Waals surface area contributed by atoms with E-state index in [0.717, 1.165) is 29.6 Å². The lowest BCUT2D eigenvalue weighted by atomic mass is 10.2. The number of aromatic nitrogens is 2. The van der Waals surface area contributed by atoms with Gasteiger partial charge in [-0.15, -0.1) is 11.3 Å². The Labute approximate surface area is 134 Å². The fourth-order valence-electron chi connectivity index (χ4n) is 2.68. The number of hydrogen-bond donors (Lipinski definition) is 1. The van der Waals surface area contributed by atoms with Crippen molar-refractivity contribution in [1.82, 2.24) is 9.55 Å². The molecular weight excluding hydrogens is 294 g/mol. The van der Waals surface area contributed by atoms with Crippen LogP contribution in [0, 0.1) is 13.8 Å². The number of anilines is 1. The fourth-order valence-corrected chi connectivity index (χ4v) is 3.39. The van der Waals surface area contributed by atoms with Crippen molar-refractivity contribution in [2.24, 2.45) is 0 Å². The zero-order chi connectivity index (χ0) is 15.5. The first kappa shape index (κ1) is 14.9. The van der Waals surface area contributed by atoms with Gasteiger partial charge >= 0.3 is 0 Å². The molecule has 0 saturated heterocycles. The maximum Gasteiger partial charge on any atom is 0.183 e. The van der Waals surface area contributed by atoms with Gasteiger partial charge in [0.05, 0.1) is 18.5 Å². The normalized spacial score (nSPS) is 11.0. The Morgan fingerprint density at radius 3 is 2.95 bits per heavy atom. The lowest BCUT2D eigenvalue weighted by Gasteiger charge is -2.07. The Balaban J connectivity index is 1.77. The number of hydrogen-bond acceptors (Lipinski definition) is 4. The summed E-state index contributed by atoms with van der Waals surface area (Å²) in [7, 11) is 0. The molecule has 0 unspecified atom stereocenters. The van der Waals surface area contributed by atoms with Crippen molar-refractivity contribution < 1.29 is 4.42 Å². The van der Waals surface area contributed by atoms with Crippen LogP contribution in [0.15, 0.2) is 34.3 Å². The molecule has 1 N–H and O–H groups in total. The van der Waals surface area contributed by atoms with Crippen molar-refractivity contribution in [3.8, 4) is 11.3 Å².